The molecule has 5 nitrogen and oxygen atoms in total. The second-order valence-electron chi connectivity index (χ2n) is 7.87. The van der Waals surface area contributed by atoms with Crippen LogP contribution in [-0.2, 0) is 10.2 Å². The highest BCUT2D eigenvalue weighted by molar-refractivity contribution is 6.30. The van der Waals surface area contributed by atoms with Gasteiger partial charge in [-0.15, -0.1) is 13.2 Å². The second kappa shape index (κ2) is 7.88. The van der Waals surface area contributed by atoms with Gasteiger partial charge in [0.1, 0.15) is 5.75 Å². The molecule has 1 aliphatic carbocycles. The molecule has 0 bridgehead atoms. The monoisotopic (exact) mass is 475 g/mol. The lowest BCUT2D eigenvalue weighted by molar-refractivity contribution is -0.274. The molecule has 1 aliphatic heterocycles. The van der Waals surface area contributed by atoms with E-state index in [2.05, 4.69) is 10.1 Å². The van der Waals surface area contributed by atoms with E-state index in [1.807, 2.05) is 6.07 Å². The Balaban J connectivity index is 1.45. The highest BCUT2D eigenvalue weighted by Gasteiger charge is 2.51. The molecule has 3 aromatic carbocycles. The SMILES string of the molecule is O=C(Nc1ccc(OC(F)(F)F)c(-c2cccc(Cl)c2)c1)C1(c2ccc3c(c2)OCO3)CC1. The Bertz CT molecular complexity index is 1240. The molecular formula is C24H17ClF3NO4. The molecule has 0 spiro atoms. The standard InChI is InChI=1S/C24H17ClF3NO4/c25-16-3-1-2-14(10-16)18-12-17(5-7-19(18)33-24(26,27)28)29-22(30)23(8-9-23)15-4-6-20-21(11-15)32-13-31-20/h1-7,10-12H,8-9,13H2,(H,29,30). The first-order valence-electron chi connectivity index (χ1n) is 10.1. The molecule has 1 heterocycles. The largest absolute Gasteiger partial charge is 0.573 e. The van der Waals surface area contributed by atoms with E-state index in [0.717, 1.165) is 5.56 Å². The molecule has 2 aliphatic rings. The number of carbonyl (C=O) groups excluding carboxylic acids is 1. The number of hydrogen-bond acceptors (Lipinski definition) is 4. The molecule has 9 heteroatoms. The van der Waals surface area contributed by atoms with Gasteiger partial charge in [-0.25, -0.2) is 0 Å². The summed E-state index contributed by atoms with van der Waals surface area (Å²) in [7, 11) is 0. The van der Waals surface area contributed by atoms with E-state index >= 15 is 0 Å². The van der Waals surface area contributed by atoms with Gasteiger partial charge in [-0.05, 0) is 66.4 Å². The maximum atomic E-state index is 13.2. The molecule has 0 atom stereocenters. The third-order valence-corrected chi connectivity index (χ3v) is 5.94. The quantitative estimate of drug-likeness (QED) is 0.470. The average Bonchev–Trinajstić information content (AvgIpc) is 3.45. The van der Waals surface area contributed by atoms with Crippen molar-refractivity contribution < 1.29 is 32.2 Å². The van der Waals surface area contributed by atoms with Crippen molar-refractivity contribution in [2.24, 2.45) is 0 Å². The molecule has 1 N–H and O–H groups in total. The number of alkyl halides is 3. The van der Waals surface area contributed by atoms with Gasteiger partial charge in [0.2, 0.25) is 12.7 Å². The summed E-state index contributed by atoms with van der Waals surface area (Å²) >= 11 is 6.03. The van der Waals surface area contributed by atoms with Gasteiger partial charge < -0.3 is 19.5 Å². The lowest BCUT2D eigenvalue weighted by Gasteiger charge is -2.18. The number of halogens is 4. The zero-order valence-electron chi connectivity index (χ0n) is 17.0. The predicted octanol–water partition coefficient (Wildman–Crippen LogP) is 6.30. The van der Waals surface area contributed by atoms with Crippen LogP contribution < -0.4 is 19.5 Å². The van der Waals surface area contributed by atoms with Crippen LogP contribution in [0.25, 0.3) is 11.1 Å². The van der Waals surface area contributed by atoms with E-state index in [9.17, 15) is 18.0 Å². The molecule has 1 saturated carbocycles. The summed E-state index contributed by atoms with van der Waals surface area (Å²) < 4.78 is 53.8. The van der Waals surface area contributed by atoms with Crippen molar-refractivity contribution in [3.8, 4) is 28.4 Å². The van der Waals surface area contributed by atoms with Crippen LogP contribution in [0.5, 0.6) is 17.2 Å². The van der Waals surface area contributed by atoms with Crippen molar-refractivity contribution in [3.05, 3.63) is 71.2 Å². The molecule has 0 unspecified atom stereocenters. The van der Waals surface area contributed by atoms with Crippen LogP contribution in [0.4, 0.5) is 18.9 Å². The maximum Gasteiger partial charge on any atom is 0.573 e. The zero-order valence-corrected chi connectivity index (χ0v) is 17.8. The van der Waals surface area contributed by atoms with Gasteiger partial charge in [0, 0.05) is 16.3 Å². The highest BCUT2D eigenvalue weighted by atomic mass is 35.5. The van der Waals surface area contributed by atoms with Crippen molar-refractivity contribution in [3.63, 3.8) is 0 Å². The van der Waals surface area contributed by atoms with Crippen molar-refractivity contribution in [2.75, 3.05) is 12.1 Å². The van der Waals surface area contributed by atoms with Crippen LogP contribution in [0.1, 0.15) is 18.4 Å². The number of benzene rings is 3. The van der Waals surface area contributed by atoms with Gasteiger partial charge in [-0.3, -0.25) is 4.79 Å². The number of carbonyl (C=O) groups is 1. The number of fused-ring (bicyclic) bond motifs is 1. The van der Waals surface area contributed by atoms with Crippen molar-refractivity contribution in [2.45, 2.75) is 24.6 Å². The van der Waals surface area contributed by atoms with Crippen molar-refractivity contribution in [1.82, 2.24) is 0 Å². The fraction of sp³-hybridized carbons (Fsp3) is 0.208. The number of anilines is 1. The fourth-order valence-corrected chi connectivity index (χ4v) is 4.11. The molecule has 1 fully saturated rings. The van der Waals surface area contributed by atoms with Crippen LogP contribution in [0.3, 0.4) is 0 Å². The highest BCUT2D eigenvalue weighted by Crippen LogP contribution is 2.51. The van der Waals surface area contributed by atoms with E-state index < -0.39 is 11.8 Å². The van der Waals surface area contributed by atoms with Crippen LogP contribution in [0.2, 0.25) is 5.02 Å². The van der Waals surface area contributed by atoms with Crippen LogP contribution in [0, 0.1) is 0 Å². The molecule has 5 rings (SSSR count). The Hall–Kier alpha value is -3.39. The minimum absolute atomic E-state index is 0.136. The Morgan fingerprint density at radius 2 is 1.79 bits per heavy atom. The molecule has 0 radical (unpaired) electrons. The van der Waals surface area contributed by atoms with E-state index in [-0.39, 0.29) is 24.0 Å². The summed E-state index contributed by atoms with van der Waals surface area (Å²) in [5, 5.41) is 3.21. The number of amides is 1. The molecule has 170 valence electrons. The predicted molar refractivity (Wildman–Crippen MR) is 116 cm³/mol. The Labute approximate surface area is 192 Å². The topological polar surface area (TPSA) is 56.8 Å². The van der Waals surface area contributed by atoms with E-state index in [1.165, 1.54) is 24.3 Å². The summed E-state index contributed by atoms with van der Waals surface area (Å²) in [6.07, 6.45) is -3.57. The first-order chi connectivity index (χ1) is 15.7. The van der Waals surface area contributed by atoms with Crippen LogP contribution >= 0.6 is 11.6 Å². The first-order valence-corrected chi connectivity index (χ1v) is 10.5. The van der Waals surface area contributed by atoms with Gasteiger partial charge in [0.25, 0.3) is 0 Å². The molecule has 1 amide bonds. The smallest absolute Gasteiger partial charge is 0.454 e. The molecular weight excluding hydrogens is 459 g/mol. The Morgan fingerprint density at radius 1 is 1.00 bits per heavy atom. The van der Waals surface area contributed by atoms with Gasteiger partial charge in [0.05, 0.1) is 5.41 Å². The summed E-state index contributed by atoms with van der Waals surface area (Å²) in [5.74, 6) is 0.576. The normalized spacial score (nSPS) is 15.8. The van der Waals surface area contributed by atoms with E-state index in [0.29, 0.717) is 40.6 Å². The Morgan fingerprint density at radius 3 is 2.52 bits per heavy atom. The average molecular weight is 476 g/mol. The Kier molecular flexibility index (Phi) is 5.12. The lowest BCUT2D eigenvalue weighted by Crippen LogP contribution is -2.27. The minimum Gasteiger partial charge on any atom is -0.454 e. The van der Waals surface area contributed by atoms with Gasteiger partial charge >= 0.3 is 6.36 Å². The number of nitrogens with one attached hydrogen (secondary N) is 1. The number of rotatable bonds is 5. The van der Waals surface area contributed by atoms with Gasteiger partial charge in [0.15, 0.2) is 11.5 Å². The third kappa shape index (κ3) is 4.30. The fourth-order valence-electron chi connectivity index (χ4n) is 3.92. The van der Waals surface area contributed by atoms with Crippen molar-refractivity contribution in [1.29, 1.82) is 0 Å². The minimum atomic E-state index is -4.87. The van der Waals surface area contributed by atoms with Gasteiger partial charge in [-0.1, -0.05) is 29.8 Å². The summed E-state index contributed by atoms with van der Waals surface area (Å²) in [5.41, 5.74) is 1.00. The molecule has 0 saturated heterocycles. The summed E-state index contributed by atoms with van der Waals surface area (Å²) in [4.78, 5) is 13.2. The molecule has 0 aromatic heterocycles. The summed E-state index contributed by atoms with van der Waals surface area (Å²) in [6, 6.07) is 15.8. The third-order valence-electron chi connectivity index (χ3n) is 5.71. The van der Waals surface area contributed by atoms with Crippen LogP contribution in [0.15, 0.2) is 60.7 Å². The zero-order chi connectivity index (χ0) is 23.2. The first kappa shape index (κ1) is 21.5. The lowest BCUT2D eigenvalue weighted by atomic mass is 9.94. The number of hydrogen-bond donors (Lipinski definition) is 1. The molecule has 3 aromatic rings. The molecule has 33 heavy (non-hydrogen) atoms. The van der Waals surface area contributed by atoms with E-state index in [4.69, 9.17) is 21.1 Å². The van der Waals surface area contributed by atoms with Crippen LogP contribution in [-0.4, -0.2) is 19.1 Å². The maximum absolute atomic E-state index is 13.2. The van der Waals surface area contributed by atoms with Gasteiger partial charge in [-0.2, -0.15) is 0 Å². The number of ether oxygens (including phenoxy) is 3. The summed E-state index contributed by atoms with van der Waals surface area (Å²) in [6.45, 7) is 0.136. The van der Waals surface area contributed by atoms with Crippen molar-refractivity contribution >= 4 is 23.2 Å². The van der Waals surface area contributed by atoms with E-state index in [1.54, 1.807) is 30.3 Å². The second-order valence-corrected chi connectivity index (χ2v) is 8.31.